The Balaban J connectivity index is 1.95. The summed E-state index contributed by atoms with van der Waals surface area (Å²) in [7, 11) is 4.68. The van der Waals surface area contributed by atoms with E-state index in [1.165, 1.54) is 0 Å². The van der Waals surface area contributed by atoms with Gasteiger partial charge in [-0.1, -0.05) is 0 Å². The van der Waals surface area contributed by atoms with Gasteiger partial charge in [0.2, 0.25) is 11.7 Å². The minimum Gasteiger partial charge on any atom is -0.493 e. The predicted molar refractivity (Wildman–Crippen MR) is 85.2 cm³/mol. The van der Waals surface area contributed by atoms with Crippen LogP contribution in [0.2, 0.25) is 0 Å². The molecule has 1 unspecified atom stereocenters. The molecule has 1 heterocycles. The van der Waals surface area contributed by atoms with E-state index in [9.17, 15) is 4.79 Å². The largest absolute Gasteiger partial charge is 0.493 e. The summed E-state index contributed by atoms with van der Waals surface area (Å²) in [5.74, 6) is 1.65. The van der Waals surface area contributed by atoms with Crippen LogP contribution in [0.15, 0.2) is 12.1 Å². The molecule has 0 saturated carbocycles. The van der Waals surface area contributed by atoms with Gasteiger partial charge in [-0.25, -0.2) is 0 Å². The lowest BCUT2D eigenvalue weighted by Gasteiger charge is -2.23. The zero-order valence-electron chi connectivity index (χ0n) is 13.8. The van der Waals surface area contributed by atoms with Crippen molar-refractivity contribution < 1.29 is 23.7 Å². The molecule has 0 aromatic heterocycles. The topological polar surface area (TPSA) is 78.1 Å². The minimum absolute atomic E-state index is 0.0262. The lowest BCUT2D eigenvalue weighted by molar-refractivity contribution is -0.122. The summed E-state index contributed by atoms with van der Waals surface area (Å²) in [6, 6.07) is 3.72. The van der Waals surface area contributed by atoms with Gasteiger partial charge < -0.3 is 29.6 Å². The maximum atomic E-state index is 12.0. The smallest absolute Gasteiger partial charge is 0.221 e. The highest BCUT2D eigenvalue weighted by atomic mass is 16.5. The third kappa shape index (κ3) is 4.74. The Morgan fingerprint density at radius 3 is 2.48 bits per heavy atom. The summed E-state index contributed by atoms with van der Waals surface area (Å²) in [6.07, 6.45) is 0.393. The van der Waals surface area contributed by atoms with E-state index in [0.29, 0.717) is 43.4 Å². The zero-order chi connectivity index (χ0) is 16.7. The van der Waals surface area contributed by atoms with Gasteiger partial charge in [-0.15, -0.1) is 0 Å². The summed E-state index contributed by atoms with van der Waals surface area (Å²) in [4.78, 5) is 12.0. The van der Waals surface area contributed by atoms with E-state index in [1.54, 1.807) is 21.3 Å². The van der Waals surface area contributed by atoms with Crippen molar-refractivity contribution in [1.29, 1.82) is 0 Å². The highest BCUT2D eigenvalue weighted by Crippen LogP contribution is 2.38. The van der Waals surface area contributed by atoms with Crippen molar-refractivity contribution in [3.8, 4) is 17.2 Å². The van der Waals surface area contributed by atoms with Crippen LogP contribution in [0.5, 0.6) is 17.2 Å². The summed E-state index contributed by atoms with van der Waals surface area (Å²) >= 11 is 0. The average Bonchev–Trinajstić information content (AvgIpc) is 2.59. The number of carbonyl (C=O) groups excluding carboxylic acids is 1. The monoisotopic (exact) mass is 324 g/mol. The molecule has 1 aliphatic rings. The first-order chi connectivity index (χ1) is 11.2. The van der Waals surface area contributed by atoms with Crippen molar-refractivity contribution in [1.82, 2.24) is 10.6 Å². The van der Waals surface area contributed by atoms with E-state index in [2.05, 4.69) is 10.6 Å². The Hall–Kier alpha value is -1.99. The van der Waals surface area contributed by atoms with E-state index in [4.69, 9.17) is 18.9 Å². The molecule has 2 N–H and O–H groups in total. The number of methoxy groups -OCH3 is 3. The van der Waals surface area contributed by atoms with Gasteiger partial charge in [-0.2, -0.15) is 0 Å². The van der Waals surface area contributed by atoms with E-state index < -0.39 is 0 Å². The number of rotatable bonds is 7. The number of carbonyl (C=O) groups is 1. The number of benzene rings is 1. The SMILES string of the molecule is COc1cc(CNC(=O)CC2COCCN2)cc(OC)c1OC. The Bertz CT molecular complexity index is 504. The molecule has 0 radical (unpaired) electrons. The second-order valence-corrected chi connectivity index (χ2v) is 5.24. The minimum atomic E-state index is -0.0262. The number of nitrogens with one attached hydrogen (secondary N) is 2. The first-order valence-corrected chi connectivity index (χ1v) is 7.54. The summed E-state index contributed by atoms with van der Waals surface area (Å²) in [6.45, 7) is 2.44. The third-order valence-electron chi connectivity index (χ3n) is 3.64. The van der Waals surface area contributed by atoms with Gasteiger partial charge >= 0.3 is 0 Å². The Morgan fingerprint density at radius 2 is 1.96 bits per heavy atom. The zero-order valence-corrected chi connectivity index (χ0v) is 13.8. The van der Waals surface area contributed by atoms with Crippen LogP contribution in [-0.2, 0) is 16.1 Å². The first kappa shape index (κ1) is 17.4. The van der Waals surface area contributed by atoms with Gasteiger partial charge in [-0.3, -0.25) is 4.79 Å². The summed E-state index contributed by atoms with van der Waals surface area (Å²) in [5.41, 5.74) is 0.876. The van der Waals surface area contributed by atoms with Crippen LogP contribution in [0.25, 0.3) is 0 Å². The standard InChI is InChI=1S/C16H24N2O5/c1-20-13-6-11(7-14(21-2)16(13)22-3)9-18-15(19)8-12-10-23-5-4-17-12/h6-7,12,17H,4-5,8-10H2,1-3H3,(H,18,19). The second kappa shape index (κ2) is 8.59. The maximum absolute atomic E-state index is 12.0. The number of hydrogen-bond acceptors (Lipinski definition) is 6. The highest BCUT2D eigenvalue weighted by Gasteiger charge is 2.17. The van der Waals surface area contributed by atoms with E-state index in [0.717, 1.165) is 12.1 Å². The number of hydrogen-bond donors (Lipinski definition) is 2. The van der Waals surface area contributed by atoms with Gasteiger partial charge in [0.25, 0.3) is 0 Å². The predicted octanol–water partition coefficient (Wildman–Crippen LogP) is 0.707. The lowest BCUT2D eigenvalue weighted by Crippen LogP contribution is -2.44. The molecule has 1 saturated heterocycles. The molecule has 128 valence electrons. The van der Waals surface area contributed by atoms with Crippen molar-refractivity contribution in [3.05, 3.63) is 17.7 Å². The van der Waals surface area contributed by atoms with Crippen LogP contribution >= 0.6 is 0 Å². The molecule has 23 heavy (non-hydrogen) atoms. The molecular formula is C16H24N2O5. The molecule has 0 spiro atoms. The normalized spacial score (nSPS) is 17.4. The Morgan fingerprint density at radius 1 is 1.26 bits per heavy atom. The average molecular weight is 324 g/mol. The molecule has 0 aliphatic carbocycles. The lowest BCUT2D eigenvalue weighted by atomic mass is 10.1. The number of morpholine rings is 1. The van der Waals surface area contributed by atoms with Crippen LogP contribution in [0, 0.1) is 0 Å². The molecule has 0 bridgehead atoms. The summed E-state index contributed by atoms with van der Waals surface area (Å²) < 4.78 is 21.2. The van der Waals surface area contributed by atoms with E-state index >= 15 is 0 Å². The van der Waals surface area contributed by atoms with Crippen molar-refractivity contribution in [2.45, 2.75) is 19.0 Å². The van der Waals surface area contributed by atoms with Gasteiger partial charge in [0.05, 0.1) is 34.5 Å². The maximum Gasteiger partial charge on any atom is 0.221 e. The molecule has 1 aliphatic heterocycles. The molecular weight excluding hydrogens is 300 g/mol. The highest BCUT2D eigenvalue weighted by molar-refractivity contribution is 5.76. The van der Waals surface area contributed by atoms with Crippen molar-refractivity contribution in [2.75, 3.05) is 41.1 Å². The third-order valence-corrected chi connectivity index (χ3v) is 3.64. The van der Waals surface area contributed by atoms with Crippen LogP contribution in [-0.4, -0.2) is 53.0 Å². The van der Waals surface area contributed by atoms with Crippen LogP contribution in [0.3, 0.4) is 0 Å². The van der Waals surface area contributed by atoms with Crippen LogP contribution in [0.4, 0.5) is 0 Å². The second-order valence-electron chi connectivity index (χ2n) is 5.24. The molecule has 1 atom stereocenters. The fourth-order valence-electron chi connectivity index (χ4n) is 2.48. The molecule has 7 nitrogen and oxygen atoms in total. The Labute approximate surface area is 136 Å². The fraction of sp³-hybridized carbons (Fsp3) is 0.562. The van der Waals surface area contributed by atoms with E-state index in [1.807, 2.05) is 12.1 Å². The fourth-order valence-corrected chi connectivity index (χ4v) is 2.48. The molecule has 2 rings (SSSR count). The Kier molecular flexibility index (Phi) is 6.49. The molecule has 1 aromatic rings. The van der Waals surface area contributed by atoms with Gasteiger partial charge in [-0.05, 0) is 17.7 Å². The van der Waals surface area contributed by atoms with Crippen molar-refractivity contribution >= 4 is 5.91 Å². The molecule has 1 aromatic carbocycles. The molecule has 1 fully saturated rings. The van der Waals surface area contributed by atoms with E-state index in [-0.39, 0.29) is 11.9 Å². The van der Waals surface area contributed by atoms with Gasteiger partial charge in [0, 0.05) is 25.6 Å². The van der Waals surface area contributed by atoms with Crippen molar-refractivity contribution in [3.63, 3.8) is 0 Å². The van der Waals surface area contributed by atoms with Gasteiger partial charge in [0.15, 0.2) is 11.5 Å². The van der Waals surface area contributed by atoms with Crippen molar-refractivity contribution in [2.24, 2.45) is 0 Å². The molecule has 7 heteroatoms. The van der Waals surface area contributed by atoms with Crippen LogP contribution in [0.1, 0.15) is 12.0 Å². The molecule has 1 amide bonds. The van der Waals surface area contributed by atoms with Gasteiger partial charge in [0.1, 0.15) is 0 Å². The van der Waals surface area contributed by atoms with Crippen LogP contribution < -0.4 is 24.8 Å². The number of ether oxygens (including phenoxy) is 4. The quantitative estimate of drug-likeness (QED) is 0.769. The number of amides is 1. The summed E-state index contributed by atoms with van der Waals surface area (Å²) in [5, 5.41) is 6.16. The first-order valence-electron chi connectivity index (χ1n) is 7.54.